The van der Waals surface area contributed by atoms with E-state index >= 15 is 0 Å². The van der Waals surface area contributed by atoms with Crippen molar-refractivity contribution in [3.05, 3.63) is 68.7 Å². The second-order valence-corrected chi connectivity index (χ2v) is 7.06. The Labute approximate surface area is 141 Å². The highest BCUT2D eigenvalue weighted by molar-refractivity contribution is 9.10. The first-order valence-corrected chi connectivity index (χ1v) is 8.70. The van der Waals surface area contributed by atoms with Crippen molar-refractivity contribution in [1.82, 2.24) is 0 Å². The summed E-state index contributed by atoms with van der Waals surface area (Å²) in [7, 11) is 0. The van der Waals surface area contributed by atoms with E-state index in [1.807, 2.05) is 0 Å². The highest BCUT2D eigenvalue weighted by Gasteiger charge is 2.14. The summed E-state index contributed by atoms with van der Waals surface area (Å²) in [6.07, 6.45) is 2.06. The average Bonchev–Trinajstić information content (AvgIpc) is 2.43. The third-order valence-corrected chi connectivity index (χ3v) is 5.23. The number of rotatable bonds is 5. The van der Waals surface area contributed by atoms with Crippen LogP contribution < -0.4 is 0 Å². The molecule has 1 atom stereocenters. The molecule has 0 spiro atoms. The van der Waals surface area contributed by atoms with Crippen LogP contribution >= 0.6 is 27.5 Å². The van der Waals surface area contributed by atoms with Gasteiger partial charge in [-0.25, -0.2) is 0 Å². The Morgan fingerprint density at radius 2 is 1.62 bits per heavy atom. The van der Waals surface area contributed by atoms with Crippen LogP contribution in [0.3, 0.4) is 0 Å². The van der Waals surface area contributed by atoms with Gasteiger partial charge in [-0.1, -0.05) is 51.8 Å². The molecule has 0 radical (unpaired) electrons. The molecule has 0 fully saturated rings. The Bertz CT molecular complexity index is 596. The number of alkyl halides is 1. The lowest BCUT2D eigenvalue weighted by molar-refractivity contribution is 0.579. The lowest BCUT2D eigenvalue weighted by atomic mass is 9.89. The van der Waals surface area contributed by atoms with Gasteiger partial charge in [0.1, 0.15) is 0 Å². The standard InChI is InChI=1S/C19H22BrCl/c1-13-8-14(2)18(15(3)9-13)11-16(12-21)10-17-6-4-5-7-19(17)20/h4-9,16H,10-12H2,1-3H3. The summed E-state index contributed by atoms with van der Waals surface area (Å²) in [5.74, 6) is 1.15. The van der Waals surface area contributed by atoms with Crippen LogP contribution in [0.15, 0.2) is 40.9 Å². The van der Waals surface area contributed by atoms with E-state index in [0.717, 1.165) is 12.8 Å². The van der Waals surface area contributed by atoms with E-state index in [1.165, 1.54) is 32.3 Å². The number of benzene rings is 2. The maximum Gasteiger partial charge on any atom is 0.0258 e. The topological polar surface area (TPSA) is 0 Å². The van der Waals surface area contributed by atoms with Crippen molar-refractivity contribution < 1.29 is 0 Å². The third kappa shape index (κ3) is 4.34. The second kappa shape index (κ2) is 7.47. The van der Waals surface area contributed by atoms with Crippen LogP contribution in [0.25, 0.3) is 0 Å². The summed E-state index contributed by atoms with van der Waals surface area (Å²) < 4.78 is 1.18. The first-order valence-electron chi connectivity index (χ1n) is 7.37. The van der Waals surface area contributed by atoms with E-state index in [1.54, 1.807) is 0 Å². The highest BCUT2D eigenvalue weighted by atomic mass is 79.9. The zero-order valence-electron chi connectivity index (χ0n) is 12.9. The van der Waals surface area contributed by atoms with Gasteiger partial charge in [-0.2, -0.15) is 0 Å². The summed E-state index contributed by atoms with van der Waals surface area (Å²) >= 11 is 9.88. The molecule has 0 saturated carbocycles. The van der Waals surface area contributed by atoms with Gasteiger partial charge in [-0.15, -0.1) is 11.6 Å². The molecule has 0 aliphatic rings. The van der Waals surface area contributed by atoms with Crippen LogP contribution in [0.2, 0.25) is 0 Å². The van der Waals surface area contributed by atoms with E-state index in [0.29, 0.717) is 11.8 Å². The van der Waals surface area contributed by atoms with Gasteiger partial charge in [0.05, 0.1) is 0 Å². The first kappa shape index (κ1) is 16.6. The molecule has 0 amide bonds. The highest BCUT2D eigenvalue weighted by Crippen LogP contribution is 2.25. The molecule has 0 aliphatic carbocycles. The van der Waals surface area contributed by atoms with Crippen molar-refractivity contribution in [2.45, 2.75) is 33.6 Å². The van der Waals surface area contributed by atoms with E-state index in [-0.39, 0.29) is 0 Å². The van der Waals surface area contributed by atoms with Gasteiger partial charge in [-0.05, 0) is 67.9 Å². The molecular formula is C19H22BrCl. The van der Waals surface area contributed by atoms with E-state index in [9.17, 15) is 0 Å². The second-order valence-electron chi connectivity index (χ2n) is 5.90. The van der Waals surface area contributed by atoms with Crippen LogP contribution in [0.5, 0.6) is 0 Å². The molecular weight excluding hydrogens is 344 g/mol. The van der Waals surface area contributed by atoms with E-state index in [2.05, 4.69) is 73.1 Å². The maximum absolute atomic E-state index is 6.24. The smallest absolute Gasteiger partial charge is 0.0258 e. The molecule has 1 unspecified atom stereocenters. The van der Waals surface area contributed by atoms with Gasteiger partial charge in [0.15, 0.2) is 0 Å². The largest absolute Gasteiger partial charge is 0.126 e. The molecule has 0 nitrogen and oxygen atoms in total. The molecule has 0 saturated heterocycles. The molecule has 0 aliphatic heterocycles. The minimum atomic E-state index is 0.463. The van der Waals surface area contributed by atoms with Gasteiger partial charge in [0.25, 0.3) is 0 Å². The van der Waals surface area contributed by atoms with Crippen LogP contribution in [-0.2, 0) is 12.8 Å². The molecule has 112 valence electrons. The van der Waals surface area contributed by atoms with E-state index in [4.69, 9.17) is 11.6 Å². The van der Waals surface area contributed by atoms with Crippen LogP contribution in [0.4, 0.5) is 0 Å². The van der Waals surface area contributed by atoms with Crippen molar-refractivity contribution in [2.75, 3.05) is 5.88 Å². The zero-order valence-corrected chi connectivity index (χ0v) is 15.3. The normalized spacial score (nSPS) is 12.4. The molecule has 2 aromatic rings. The average molecular weight is 366 g/mol. The molecule has 21 heavy (non-hydrogen) atoms. The molecule has 2 rings (SSSR count). The quantitative estimate of drug-likeness (QED) is 0.569. The SMILES string of the molecule is Cc1cc(C)c(CC(CCl)Cc2ccccc2Br)c(C)c1. The van der Waals surface area contributed by atoms with E-state index < -0.39 is 0 Å². The zero-order chi connectivity index (χ0) is 15.4. The van der Waals surface area contributed by atoms with Crippen LogP contribution in [0.1, 0.15) is 27.8 Å². The maximum atomic E-state index is 6.24. The van der Waals surface area contributed by atoms with Gasteiger partial charge in [-0.3, -0.25) is 0 Å². The lowest BCUT2D eigenvalue weighted by Gasteiger charge is -2.19. The minimum absolute atomic E-state index is 0.463. The number of halogens is 2. The fraction of sp³-hybridized carbons (Fsp3) is 0.368. The van der Waals surface area contributed by atoms with Crippen LogP contribution in [0, 0.1) is 26.7 Å². The predicted molar refractivity (Wildman–Crippen MR) is 96.4 cm³/mol. The fourth-order valence-electron chi connectivity index (χ4n) is 2.98. The number of hydrogen-bond donors (Lipinski definition) is 0. The number of hydrogen-bond acceptors (Lipinski definition) is 0. The molecule has 2 heteroatoms. The third-order valence-electron chi connectivity index (χ3n) is 4.02. The lowest BCUT2D eigenvalue weighted by Crippen LogP contribution is -2.12. The summed E-state index contributed by atoms with van der Waals surface area (Å²) in [6.45, 7) is 6.57. The van der Waals surface area contributed by atoms with Crippen molar-refractivity contribution in [1.29, 1.82) is 0 Å². The fourth-order valence-corrected chi connectivity index (χ4v) is 3.64. The minimum Gasteiger partial charge on any atom is -0.126 e. The summed E-state index contributed by atoms with van der Waals surface area (Å²) in [6, 6.07) is 13.0. The molecule has 2 aromatic carbocycles. The molecule has 0 aromatic heterocycles. The van der Waals surface area contributed by atoms with Crippen LogP contribution in [-0.4, -0.2) is 5.88 Å². The Kier molecular flexibility index (Phi) is 5.89. The Hall–Kier alpha value is -0.790. The Balaban J connectivity index is 2.19. The van der Waals surface area contributed by atoms with Crippen molar-refractivity contribution in [3.8, 4) is 0 Å². The Morgan fingerprint density at radius 1 is 1.00 bits per heavy atom. The predicted octanol–water partition coefficient (Wildman–Crippen LogP) is 6.01. The van der Waals surface area contributed by atoms with Crippen molar-refractivity contribution in [2.24, 2.45) is 5.92 Å². The Morgan fingerprint density at radius 3 is 2.19 bits per heavy atom. The first-order chi connectivity index (χ1) is 10.0. The van der Waals surface area contributed by atoms with Crippen molar-refractivity contribution >= 4 is 27.5 Å². The van der Waals surface area contributed by atoms with Crippen molar-refractivity contribution in [3.63, 3.8) is 0 Å². The van der Waals surface area contributed by atoms with Gasteiger partial charge in [0.2, 0.25) is 0 Å². The summed E-state index contributed by atoms with van der Waals surface area (Å²) in [5, 5.41) is 0. The van der Waals surface area contributed by atoms with Gasteiger partial charge >= 0.3 is 0 Å². The molecule has 0 N–H and O–H groups in total. The number of aryl methyl sites for hydroxylation is 3. The van der Waals surface area contributed by atoms with Gasteiger partial charge in [0, 0.05) is 10.4 Å². The molecule has 0 bridgehead atoms. The monoisotopic (exact) mass is 364 g/mol. The summed E-state index contributed by atoms with van der Waals surface area (Å²) in [5.41, 5.74) is 6.90. The van der Waals surface area contributed by atoms with Gasteiger partial charge < -0.3 is 0 Å². The molecule has 0 heterocycles. The summed E-state index contributed by atoms with van der Waals surface area (Å²) in [4.78, 5) is 0.